The molecule has 0 fully saturated rings. The van der Waals surface area contributed by atoms with E-state index >= 15 is 0 Å². The highest BCUT2D eigenvalue weighted by atomic mass is 14.6. The van der Waals surface area contributed by atoms with Gasteiger partial charge in [-0.05, 0) is 29.0 Å². The minimum atomic E-state index is 0.664. The van der Waals surface area contributed by atoms with Gasteiger partial charge in [0.15, 0.2) is 5.69 Å². The minimum absolute atomic E-state index is 0.664. The molecule has 0 aliphatic rings. The first kappa shape index (κ1) is 7.63. The number of nitrogens with zero attached hydrogens (tertiary/aromatic N) is 1. The average Bonchev–Trinajstić information content (AvgIpc) is 2.17. The average molecular weight is 168 g/mol. The fourth-order valence-electron chi connectivity index (χ4n) is 1.32. The van der Waals surface area contributed by atoms with E-state index in [4.69, 9.17) is 12.3 Å². The summed E-state index contributed by atoms with van der Waals surface area (Å²) in [5, 5.41) is 2.13. The Labute approximate surface area is 76.4 Å². The minimum Gasteiger partial charge on any atom is -0.399 e. The van der Waals surface area contributed by atoms with Gasteiger partial charge in [0, 0.05) is 5.69 Å². The van der Waals surface area contributed by atoms with Crippen LogP contribution in [-0.2, 0) is 0 Å². The molecular formula is C11H8N2. The van der Waals surface area contributed by atoms with Crippen molar-refractivity contribution in [3.05, 3.63) is 47.8 Å². The summed E-state index contributed by atoms with van der Waals surface area (Å²) in [6, 6.07) is 11.3. The molecule has 0 unspecified atom stereocenters. The molecule has 2 aromatic rings. The van der Waals surface area contributed by atoms with E-state index in [2.05, 4.69) is 4.85 Å². The molecule has 2 N–H and O–H groups in total. The lowest BCUT2D eigenvalue weighted by atomic mass is 10.1. The molecule has 0 heterocycles. The van der Waals surface area contributed by atoms with E-state index in [1.54, 1.807) is 6.07 Å². The van der Waals surface area contributed by atoms with Gasteiger partial charge < -0.3 is 5.73 Å². The molecule has 0 saturated heterocycles. The van der Waals surface area contributed by atoms with Gasteiger partial charge >= 0.3 is 0 Å². The van der Waals surface area contributed by atoms with Crippen molar-refractivity contribution in [2.75, 3.05) is 5.73 Å². The molecule has 0 spiro atoms. The number of hydrogen-bond acceptors (Lipinski definition) is 1. The predicted molar refractivity (Wildman–Crippen MR) is 54.6 cm³/mol. The number of nitrogen functional groups attached to an aromatic ring is 1. The fourth-order valence-corrected chi connectivity index (χ4v) is 1.32. The molecule has 2 aromatic carbocycles. The van der Waals surface area contributed by atoms with E-state index in [0.717, 1.165) is 16.5 Å². The summed E-state index contributed by atoms with van der Waals surface area (Å²) < 4.78 is 0. The van der Waals surface area contributed by atoms with Gasteiger partial charge in [-0.2, -0.15) is 0 Å². The third kappa shape index (κ3) is 1.32. The van der Waals surface area contributed by atoms with Crippen LogP contribution in [0.2, 0.25) is 0 Å². The molecule has 2 rings (SSSR count). The summed E-state index contributed by atoms with van der Waals surface area (Å²) in [5.74, 6) is 0. The van der Waals surface area contributed by atoms with E-state index in [0.29, 0.717) is 5.69 Å². The van der Waals surface area contributed by atoms with Gasteiger partial charge in [-0.1, -0.05) is 18.2 Å². The maximum absolute atomic E-state index is 6.86. The predicted octanol–water partition coefficient (Wildman–Crippen LogP) is 2.97. The second kappa shape index (κ2) is 2.80. The van der Waals surface area contributed by atoms with Crippen molar-refractivity contribution in [3.63, 3.8) is 0 Å². The van der Waals surface area contributed by atoms with E-state index in [1.807, 2.05) is 30.3 Å². The first-order valence-corrected chi connectivity index (χ1v) is 3.96. The number of benzene rings is 2. The molecule has 0 saturated carbocycles. The third-order valence-electron chi connectivity index (χ3n) is 1.98. The summed E-state index contributed by atoms with van der Waals surface area (Å²) >= 11 is 0. The number of fused-ring (bicyclic) bond motifs is 1. The van der Waals surface area contributed by atoms with Crippen LogP contribution in [0.25, 0.3) is 15.6 Å². The smallest absolute Gasteiger partial charge is 0.187 e. The molecule has 0 aliphatic carbocycles. The topological polar surface area (TPSA) is 30.4 Å². The Morgan fingerprint density at radius 2 is 1.69 bits per heavy atom. The van der Waals surface area contributed by atoms with Crippen LogP contribution in [0, 0.1) is 6.57 Å². The van der Waals surface area contributed by atoms with E-state index in [9.17, 15) is 0 Å². The zero-order valence-corrected chi connectivity index (χ0v) is 6.99. The lowest BCUT2D eigenvalue weighted by molar-refractivity contribution is 1.73. The van der Waals surface area contributed by atoms with Crippen LogP contribution in [0.4, 0.5) is 11.4 Å². The van der Waals surface area contributed by atoms with Crippen molar-refractivity contribution in [2.45, 2.75) is 0 Å². The lowest BCUT2D eigenvalue weighted by Crippen LogP contribution is -1.82. The van der Waals surface area contributed by atoms with Gasteiger partial charge in [0.2, 0.25) is 0 Å². The van der Waals surface area contributed by atoms with E-state index < -0.39 is 0 Å². The molecule has 0 aliphatic heterocycles. The standard InChI is InChI=1S/C11H8N2/c1-13-11-5-3-8-6-10(12)4-2-9(8)7-11/h2-7H,12H2. The van der Waals surface area contributed by atoms with Crippen molar-refractivity contribution in [1.29, 1.82) is 0 Å². The van der Waals surface area contributed by atoms with Crippen LogP contribution in [0.5, 0.6) is 0 Å². The summed E-state index contributed by atoms with van der Waals surface area (Å²) in [6.07, 6.45) is 0. The van der Waals surface area contributed by atoms with Gasteiger partial charge in [-0.15, -0.1) is 0 Å². The summed E-state index contributed by atoms with van der Waals surface area (Å²) in [6.45, 7) is 6.86. The maximum atomic E-state index is 6.86. The lowest BCUT2D eigenvalue weighted by Gasteiger charge is -1.99. The van der Waals surface area contributed by atoms with Crippen LogP contribution >= 0.6 is 0 Å². The SMILES string of the molecule is [C-]#[N+]c1ccc2cc(N)ccc2c1. The van der Waals surface area contributed by atoms with Gasteiger partial charge in [-0.3, -0.25) is 0 Å². The number of anilines is 1. The molecule has 0 bridgehead atoms. The zero-order valence-electron chi connectivity index (χ0n) is 6.99. The highest BCUT2D eigenvalue weighted by molar-refractivity contribution is 5.88. The third-order valence-corrected chi connectivity index (χ3v) is 1.98. The Hall–Kier alpha value is -2.01. The Bertz CT molecular complexity index is 495. The van der Waals surface area contributed by atoms with Crippen molar-refractivity contribution in [3.8, 4) is 0 Å². The van der Waals surface area contributed by atoms with Crippen LogP contribution in [0.1, 0.15) is 0 Å². The van der Waals surface area contributed by atoms with Gasteiger partial charge in [0.1, 0.15) is 0 Å². The number of nitrogens with two attached hydrogens (primary N) is 1. The Morgan fingerprint density at radius 1 is 1.00 bits per heavy atom. The normalized spacial score (nSPS) is 9.77. The van der Waals surface area contributed by atoms with Crippen molar-refractivity contribution >= 4 is 22.1 Å². The summed E-state index contributed by atoms with van der Waals surface area (Å²) in [4.78, 5) is 3.36. The highest BCUT2D eigenvalue weighted by Gasteiger charge is 1.95. The molecule has 0 aromatic heterocycles. The second-order valence-electron chi connectivity index (χ2n) is 2.90. The van der Waals surface area contributed by atoms with Crippen LogP contribution in [-0.4, -0.2) is 0 Å². The quantitative estimate of drug-likeness (QED) is 0.475. The van der Waals surface area contributed by atoms with Crippen molar-refractivity contribution in [1.82, 2.24) is 0 Å². The Balaban J connectivity index is 2.75. The van der Waals surface area contributed by atoms with E-state index in [-0.39, 0.29) is 0 Å². The number of rotatable bonds is 0. The monoisotopic (exact) mass is 168 g/mol. The molecule has 2 nitrogen and oxygen atoms in total. The Morgan fingerprint density at radius 3 is 2.46 bits per heavy atom. The molecule has 0 amide bonds. The van der Waals surface area contributed by atoms with Gasteiger partial charge in [0.05, 0.1) is 6.57 Å². The maximum Gasteiger partial charge on any atom is 0.187 e. The molecule has 2 heteroatoms. The van der Waals surface area contributed by atoms with Crippen LogP contribution in [0.15, 0.2) is 36.4 Å². The van der Waals surface area contributed by atoms with Crippen molar-refractivity contribution < 1.29 is 0 Å². The van der Waals surface area contributed by atoms with Gasteiger partial charge in [0.25, 0.3) is 0 Å². The zero-order chi connectivity index (χ0) is 9.26. The van der Waals surface area contributed by atoms with Crippen LogP contribution in [0.3, 0.4) is 0 Å². The molecular weight excluding hydrogens is 160 g/mol. The summed E-state index contributed by atoms with van der Waals surface area (Å²) in [7, 11) is 0. The van der Waals surface area contributed by atoms with E-state index in [1.165, 1.54) is 0 Å². The first-order valence-electron chi connectivity index (χ1n) is 3.96. The molecule has 0 atom stereocenters. The van der Waals surface area contributed by atoms with Crippen molar-refractivity contribution in [2.24, 2.45) is 0 Å². The molecule has 0 radical (unpaired) electrons. The van der Waals surface area contributed by atoms with Crippen LogP contribution < -0.4 is 5.73 Å². The second-order valence-corrected chi connectivity index (χ2v) is 2.90. The highest BCUT2D eigenvalue weighted by Crippen LogP contribution is 2.22. The summed E-state index contributed by atoms with van der Waals surface area (Å²) in [5.41, 5.74) is 7.05. The first-order chi connectivity index (χ1) is 6.29. The fraction of sp³-hybridized carbons (Fsp3) is 0. The Kier molecular flexibility index (Phi) is 1.64. The molecule has 62 valence electrons. The largest absolute Gasteiger partial charge is 0.399 e. The number of hydrogen-bond donors (Lipinski definition) is 1. The molecule has 13 heavy (non-hydrogen) atoms. The van der Waals surface area contributed by atoms with Gasteiger partial charge in [-0.25, -0.2) is 4.85 Å².